The molecule has 3 heteroatoms. The van der Waals surface area contributed by atoms with Gasteiger partial charge in [0.05, 0.1) is 0 Å². The van der Waals surface area contributed by atoms with Crippen LogP contribution in [0.3, 0.4) is 0 Å². The molecular weight excluding hydrogens is 174 g/mol. The molecule has 3 atom stereocenters. The average molecular weight is 197 g/mol. The highest BCUT2D eigenvalue weighted by Crippen LogP contribution is 2.36. The van der Waals surface area contributed by atoms with E-state index >= 15 is 0 Å². The van der Waals surface area contributed by atoms with Crippen LogP contribution in [0, 0.1) is 11.8 Å². The molecule has 0 saturated carbocycles. The molecular formula is C11H23N3. The monoisotopic (exact) mass is 197 g/mol. The van der Waals surface area contributed by atoms with Gasteiger partial charge in [-0.15, -0.1) is 0 Å². The largest absolute Gasteiger partial charge is 0.330 e. The molecule has 2 fully saturated rings. The second kappa shape index (κ2) is 4.17. The molecule has 0 spiro atoms. The molecule has 0 amide bonds. The van der Waals surface area contributed by atoms with Crippen LogP contribution in [0.15, 0.2) is 0 Å². The van der Waals surface area contributed by atoms with Gasteiger partial charge >= 0.3 is 0 Å². The fourth-order valence-electron chi connectivity index (χ4n) is 3.28. The summed E-state index contributed by atoms with van der Waals surface area (Å²) in [4.78, 5) is 5.00. The maximum Gasteiger partial charge on any atom is 0.0251 e. The summed E-state index contributed by atoms with van der Waals surface area (Å²) < 4.78 is 0. The van der Waals surface area contributed by atoms with Crippen LogP contribution in [0.5, 0.6) is 0 Å². The van der Waals surface area contributed by atoms with Crippen molar-refractivity contribution in [2.75, 3.05) is 40.3 Å². The van der Waals surface area contributed by atoms with Gasteiger partial charge in [-0.3, -0.25) is 0 Å². The molecule has 3 nitrogen and oxygen atoms in total. The smallest absolute Gasteiger partial charge is 0.0251 e. The predicted octanol–water partition coefficient (Wildman–Crippen LogP) is 0.217. The first-order chi connectivity index (χ1) is 6.72. The molecule has 2 saturated heterocycles. The van der Waals surface area contributed by atoms with Gasteiger partial charge in [-0.1, -0.05) is 0 Å². The van der Waals surface area contributed by atoms with Crippen molar-refractivity contribution in [3.8, 4) is 0 Å². The number of piperidine rings is 1. The van der Waals surface area contributed by atoms with Crippen molar-refractivity contribution in [1.29, 1.82) is 0 Å². The Kier molecular flexibility index (Phi) is 3.10. The fraction of sp³-hybridized carbons (Fsp3) is 1.00. The molecule has 82 valence electrons. The summed E-state index contributed by atoms with van der Waals surface area (Å²) in [6, 6.07) is 0.797. The minimum absolute atomic E-state index is 0.797. The number of hydrogen-bond donors (Lipinski definition) is 1. The van der Waals surface area contributed by atoms with Crippen molar-refractivity contribution in [2.24, 2.45) is 17.6 Å². The zero-order valence-electron chi connectivity index (χ0n) is 9.45. The molecule has 0 bridgehead atoms. The Labute approximate surface area is 87.2 Å². The third-order valence-corrected chi connectivity index (χ3v) is 4.07. The lowest BCUT2D eigenvalue weighted by Gasteiger charge is -2.36. The van der Waals surface area contributed by atoms with Gasteiger partial charge in [0.1, 0.15) is 0 Å². The summed E-state index contributed by atoms with van der Waals surface area (Å²) in [6.45, 7) is 4.65. The normalized spacial score (nSPS) is 40.1. The Bertz CT molecular complexity index is 195. The molecule has 0 aliphatic carbocycles. The first-order valence-electron chi connectivity index (χ1n) is 5.81. The third-order valence-electron chi connectivity index (χ3n) is 4.07. The van der Waals surface area contributed by atoms with Crippen LogP contribution in [-0.2, 0) is 0 Å². The lowest BCUT2D eigenvalue weighted by atomic mass is 9.83. The van der Waals surface area contributed by atoms with Gasteiger partial charge in [0, 0.05) is 19.1 Å². The van der Waals surface area contributed by atoms with E-state index in [1.165, 1.54) is 32.5 Å². The molecule has 3 unspecified atom stereocenters. The maximum absolute atomic E-state index is 5.67. The van der Waals surface area contributed by atoms with Crippen LogP contribution in [-0.4, -0.2) is 56.1 Å². The van der Waals surface area contributed by atoms with E-state index in [4.69, 9.17) is 5.73 Å². The van der Waals surface area contributed by atoms with Crippen molar-refractivity contribution in [3.63, 3.8) is 0 Å². The average Bonchev–Trinajstić information content (AvgIpc) is 2.44. The van der Waals surface area contributed by atoms with E-state index in [-0.39, 0.29) is 0 Å². The SMILES string of the molecule is CN1CCC2C(CCN)CN(C)C2C1. The summed E-state index contributed by atoms with van der Waals surface area (Å²) in [5.74, 6) is 1.78. The summed E-state index contributed by atoms with van der Waals surface area (Å²) in [5, 5.41) is 0. The van der Waals surface area contributed by atoms with Gasteiger partial charge in [0.25, 0.3) is 0 Å². The number of likely N-dealkylation sites (tertiary alicyclic amines) is 2. The first-order valence-corrected chi connectivity index (χ1v) is 5.81. The van der Waals surface area contributed by atoms with E-state index in [0.717, 1.165) is 24.4 Å². The molecule has 0 radical (unpaired) electrons. The fourth-order valence-corrected chi connectivity index (χ4v) is 3.28. The molecule has 0 aromatic rings. The second-order valence-corrected chi connectivity index (χ2v) is 5.06. The first kappa shape index (κ1) is 10.4. The highest BCUT2D eigenvalue weighted by Gasteiger charge is 2.41. The number of fused-ring (bicyclic) bond motifs is 1. The van der Waals surface area contributed by atoms with E-state index in [0.29, 0.717) is 0 Å². The van der Waals surface area contributed by atoms with Gasteiger partial charge in [-0.05, 0) is 51.9 Å². The van der Waals surface area contributed by atoms with Crippen molar-refractivity contribution in [3.05, 3.63) is 0 Å². The van der Waals surface area contributed by atoms with Crippen LogP contribution in [0.4, 0.5) is 0 Å². The lowest BCUT2D eigenvalue weighted by molar-refractivity contribution is 0.131. The third kappa shape index (κ3) is 1.81. The quantitative estimate of drug-likeness (QED) is 0.687. The molecule has 2 heterocycles. The van der Waals surface area contributed by atoms with Crippen molar-refractivity contribution < 1.29 is 0 Å². The van der Waals surface area contributed by atoms with Crippen molar-refractivity contribution in [1.82, 2.24) is 9.80 Å². The van der Waals surface area contributed by atoms with E-state index in [2.05, 4.69) is 23.9 Å². The zero-order valence-corrected chi connectivity index (χ0v) is 9.45. The van der Waals surface area contributed by atoms with Crippen molar-refractivity contribution >= 4 is 0 Å². The van der Waals surface area contributed by atoms with Crippen LogP contribution in [0.1, 0.15) is 12.8 Å². The highest BCUT2D eigenvalue weighted by molar-refractivity contribution is 4.95. The Morgan fingerprint density at radius 1 is 1.29 bits per heavy atom. The van der Waals surface area contributed by atoms with E-state index in [1.807, 2.05) is 0 Å². The van der Waals surface area contributed by atoms with E-state index in [1.54, 1.807) is 0 Å². The minimum atomic E-state index is 0.797. The summed E-state index contributed by atoms with van der Waals surface area (Å²) >= 11 is 0. The highest BCUT2D eigenvalue weighted by atomic mass is 15.2. The summed E-state index contributed by atoms with van der Waals surface area (Å²) in [6.07, 6.45) is 2.59. The Hall–Kier alpha value is -0.120. The van der Waals surface area contributed by atoms with Crippen molar-refractivity contribution in [2.45, 2.75) is 18.9 Å². The Balaban J connectivity index is 2.00. The van der Waals surface area contributed by atoms with Gasteiger partial charge in [0.2, 0.25) is 0 Å². The molecule has 0 aromatic heterocycles. The summed E-state index contributed by atoms with van der Waals surface area (Å²) in [7, 11) is 4.51. The number of likely N-dealkylation sites (N-methyl/N-ethyl adjacent to an activating group) is 2. The Morgan fingerprint density at radius 3 is 2.79 bits per heavy atom. The van der Waals surface area contributed by atoms with Gasteiger partial charge in [-0.2, -0.15) is 0 Å². The Morgan fingerprint density at radius 2 is 2.07 bits per heavy atom. The number of nitrogens with two attached hydrogens (primary N) is 1. The summed E-state index contributed by atoms with van der Waals surface area (Å²) in [5.41, 5.74) is 5.67. The van der Waals surface area contributed by atoms with Gasteiger partial charge in [-0.25, -0.2) is 0 Å². The number of nitrogens with zero attached hydrogens (tertiary/aromatic N) is 2. The van der Waals surface area contributed by atoms with Crippen LogP contribution in [0.2, 0.25) is 0 Å². The standard InChI is InChI=1S/C11H23N3/c1-13-6-4-10-9(3-5-12)7-14(2)11(10)8-13/h9-11H,3-8,12H2,1-2H3. The van der Waals surface area contributed by atoms with Gasteiger partial charge in [0.15, 0.2) is 0 Å². The zero-order chi connectivity index (χ0) is 10.1. The number of hydrogen-bond acceptors (Lipinski definition) is 3. The molecule has 2 rings (SSSR count). The molecule has 0 aromatic carbocycles. The van der Waals surface area contributed by atoms with Crippen LogP contribution >= 0.6 is 0 Å². The molecule has 2 aliphatic rings. The second-order valence-electron chi connectivity index (χ2n) is 5.06. The lowest BCUT2D eigenvalue weighted by Crippen LogP contribution is -2.45. The molecule has 14 heavy (non-hydrogen) atoms. The number of rotatable bonds is 2. The van der Waals surface area contributed by atoms with E-state index in [9.17, 15) is 0 Å². The molecule has 2 aliphatic heterocycles. The molecule has 2 N–H and O–H groups in total. The predicted molar refractivity (Wildman–Crippen MR) is 59.2 cm³/mol. The maximum atomic E-state index is 5.67. The van der Waals surface area contributed by atoms with E-state index < -0.39 is 0 Å². The van der Waals surface area contributed by atoms with Crippen LogP contribution in [0.25, 0.3) is 0 Å². The topological polar surface area (TPSA) is 32.5 Å². The minimum Gasteiger partial charge on any atom is -0.330 e. The van der Waals surface area contributed by atoms with Crippen LogP contribution < -0.4 is 5.73 Å². The van der Waals surface area contributed by atoms with Gasteiger partial charge < -0.3 is 15.5 Å².